The van der Waals surface area contributed by atoms with Crippen molar-refractivity contribution in [1.82, 2.24) is 26.6 Å². The predicted octanol–water partition coefficient (Wildman–Crippen LogP) is 3.28. The summed E-state index contributed by atoms with van der Waals surface area (Å²) in [6.45, 7) is 15.1. The number of guanidine groups is 1. The number of nitrogens with one attached hydrogen (secondary N) is 5. The van der Waals surface area contributed by atoms with Crippen molar-refractivity contribution in [3.63, 3.8) is 0 Å². The van der Waals surface area contributed by atoms with Gasteiger partial charge in [0.1, 0.15) is 23.1 Å². The van der Waals surface area contributed by atoms with Gasteiger partial charge in [0.15, 0.2) is 11.7 Å². The molecule has 0 radical (unpaired) electrons. The van der Waals surface area contributed by atoms with Gasteiger partial charge in [-0.2, -0.15) is 0 Å². The van der Waals surface area contributed by atoms with Crippen LogP contribution in [0.5, 0.6) is 5.75 Å². The number of ketones is 4. The van der Waals surface area contributed by atoms with Gasteiger partial charge in [-0.3, -0.25) is 43.3 Å². The average Bonchev–Trinajstić information content (AvgIpc) is 0.900. The average molecular weight is 1540 g/mol. The Labute approximate surface area is 616 Å². The molecule has 1 fully saturated rings. The normalized spacial score (nSPS) is 16.9. The van der Waals surface area contributed by atoms with Crippen molar-refractivity contribution in [2.45, 2.75) is 135 Å². The Morgan fingerprint density at radius 1 is 0.637 bits per heavy atom. The maximum absolute atomic E-state index is 14.2. The van der Waals surface area contributed by atoms with Gasteiger partial charge in [-0.05, 0) is 93.9 Å². The van der Waals surface area contributed by atoms with Crippen LogP contribution in [0.3, 0.4) is 0 Å². The van der Waals surface area contributed by atoms with Crippen molar-refractivity contribution in [2.24, 2.45) is 39.9 Å². The molecular weight excluding hydrogens is 1410 g/mol. The molecule has 1 aromatic carbocycles. The molecule has 32 heteroatoms. The highest BCUT2D eigenvalue weighted by Gasteiger charge is 2.30. The highest BCUT2D eigenvalue weighted by Crippen LogP contribution is 2.22. The molecule has 0 spiro atoms. The fraction of sp³-hybridized carbons (Fsp3) is 0.786. The molecule has 0 aromatic heterocycles. The fourth-order valence-electron chi connectivity index (χ4n) is 10.2. The summed E-state index contributed by atoms with van der Waals surface area (Å²) in [6.07, 6.45) is 5.99. The first-order valence-electron chi connectivity index (χ1n) is 36.2. The molecule has 0 saturated carbocycles. The first-order chi connectivity index (χ1) is 49.5. The zero-order valence-corrected chi connectivity index (χ0v) is 63.0. The Morgan fingerprint density at radius 3 is 1.66 bits per heavy atom. The molecule has 2 rings (SSSR count). The van der Waals surface area contributed by atoms with Crippen LogP contribution >= 0.6 is 27.7 Å². The van der Waals surface area contributed by atoms with Crippen LogP contribution in [0.1, 0.15) is 116 Å². The minimum absolute atomic E-state index is 0.0341. The summed E-state index contributed by atoms with van der Waals surface area (Å²) in [5, 5.41) is 24.8. The number of hydrogen-bond donors (Lipinski definition) is 9. The van der Waals surface area contributed by atoms with E-state index in [2.05, 4.69) is 47.5 Å². The lowest BCUT2D eigenvalue weighted by Crippen LogP contribution is -2.46. The van der Waals surface area contributed by atoms with Crippen molar-refractivity contribution >= 4 is 79.7 Å². The van der Waals surface area contributed by atoms with Gasteiger partial charge >= 0.3 is 0 Å². The Bertz CT molecular complexity index is 2410. The van der Waals surface area contributed by atoms with Gasteiger partial charge in [0.05, 0.1) is 182 Å². The Balaban J connectivity index is 1.64. The first kappa shape index (κ1) is 93.2. The van der Waals surface area contributed by atoms with E-state index in [9.17, 15) is 43.5 Å². The van der Waals surface area contributed by atoms with Gasteiger partial charge in [0.25, 0.3) is 5.24 Å². The van der Waals surface area contributed by atoms with Crippen LogP contribution in [0, 0.1) is 17.8 Å². The lowest BCUT2D eigenvalue weighted by molar-refractivity contribution is -0.129. The molecule has 102 heavy (non-hydrogen) atoms. The third-order valence-corrected chi connectivity index (χ3v) is 17.7. The second kappa shape index (κ2) is 64.5. The summed E-state index contributed by atoms with van der Waals surface area (Å²) >= 11 is 4.11. The second-order valence-corrected chi connectivity index (χ2v) is 26.0. The molecule has 1 aliphatic rings. The first-order valence-corrected chi connectivity index (χ1v) is 38.3. The van der Waals surface area contributed by atoms with Crippen LogP contribution in [0.25, 0.3) is 0 Å². The number of nitrogens with two attached hydrogens (primary N) is 3. The van der Waals surface area contributed by atoms with Crippen LogP contribution < -0.4 is 43.8 Å². The van der Waals surface area contributed by atoms with E-state index in [0.29, 0.717) is 235 Å². The summed E-state index contributed by atoms with van der Waals surface area (Å²) in [5.74, 6) is -2.08. The second-order valence-electron chi connectivity index (χ2n) is 24.4. The largest absolute Gasteiger partial charge is 0.508 e. The lowest BCUT2D eigenvalue weighted by atomic mass is 9.87. The zero-order valence-electron chi connectivity index (χ0n) is 60.6. The summed E-state index contributed by atoms with van der Waals surface area (Å²) in [6, 6.07) is 4.18. The van der Waals surface area contributed by atoms with Crippen LogP contribution in [-0.4, -0.2) is 278 Å². The maximum atomic E-state index is 14.2. The molecule has 30 nitrogen and oxygen atoms in total. The highest BCUT2D eigenvalue weighted by atomic mass is 79.9. The van der Waals surface area contributed by atoms with Crippen LogP contribution in [0.2, 0.25) is 0 Å². The van der Waals surface area contributed by atoms with E-state index in [-0.39, 0.29) is 134 Å². The van der Waals surface area contributed by atoms with E-state index in [1.807, 2.05) is 13.8 Å². The van der Waals surface area contributed by atoms with Gasteiger partial charge in [0.2, 0.25) is 17.7 Å². The van der Waals surface area contributed by atoms with Crippen LogP contribution in [0.15, 0.2) is 29.3 Å². The number of phenolic OH excluding ortho intramolecular Hbond substituents is 1. The highest BCUT2D eigenvalue weighted by molar-refractivity contribution is 9.09. The number of carbonyl (C=O) groups is 8. The third-order valence-electron chi connectivity index (χ3n) is 16.2. The number of aromatic hydroxyl groups is 1. The lowest BCUT2D eigenvalue weighted by Gasteiger charge is -2.25. The topological polar surface area (TPSA) is 418 Å². The smallest absolute Gasteiger partial charge is 0.279 e. The van der Waals surface area contributed by atoms with Gasteiger partial charge < -0.3 is 106 Å². The Hall–Kier alpha value is -4.88. The number of hydrogen-bond acceptors (Lipinski definition) is 25. The van der Waals surface area contributed by atoms with Gasteiger partial charge in [0, 0.05) is 70.0 Å². The molecule has 1 saturated heterocycles. The Kier molecular flexibility index (Phi) is 58.9. The van der Waals surface area contributed by atoms with Gasteiger partial charge in [-0.15, -0.1) is 0 Å². The molecule has 1 aromatic rings. The molecule has 0 bridgehead atoms. The number of unbranched alkanes of at least 4 members (excludes halogenated alkanes) is 1. The number of phenols is 1. The summed E-state index contributed by atoms with van der Waals surface area (Å²) < 4.78 is 66.3. The molecule has 4 amide bonds. The van der Waals surface area contributed by atoms with E-state index in [4.69, 9.17) is 74.0 Å². The van der Waals surface area contributed by atoms with E-state index in [1.54, 1.807) is 12.1 Å². The molecule has 0 aliphatic carbocycles. The number of halogens is 1. The molecular formula is C70H122BrN9O21S. The van der Waals surface area contributed by atoms with E-state index in [0.717, 1.165) is 17.3 Å². The van der Waals surface area contributed by atoms with E-state index in [1.165, 1.54) is 12.1 Å². The predicted molar refractivity (Wildman–Crippen MR) is 391 cm³/mol. The number of amides is 4. The monoisotopic (exact) mass is 1540 g/mol. The standard InChI is InChI=1S/C70H122BrN9O21S/c1-3-54(2)67-63(84)18-14-57(64(85)53-79-60(21-49-102-70(89)77-24-19-66(87)80-67)62(83)17-13-56(8-6-23-76-69(73)74)52-78-61(68(72)88)50-55-11-15-58(81)16-12-55)9-4-5-22-75-65(86)20-26-91-28-30-93-32-34-95-36-38-97-40-42-99-44-46-101-48-47-100-45-43-98-41-39-96-37-35-94-33-31-92-29-27-90-25-7-10-59(82)51-71/h11-12,15-16,54,56-57,60-61,67,78-79,81H,3-10,13-14,17-53H2,1-2H3,(H2,72,88)(H,75,86)(H,77,89)(H,80,87)(H4,73,74,76)/t54-,56+,57+,60-,61-,67-/m0/s1. The number of Topliss-reactive ketones (excluding diaryl/α,β-unsaturated/α-hetero) is 4. The molecule has 6 atom stereocenters. The SMILES string of the molecule is CC[C@H](C)[C@@H]1NC(=O)CCNC(=O)SCC[C@@H](C(=O)CC[C@@H](CCCN=C(N)N)CN[C@@H](Cc2ccc(O)cc2)C(N)=O)NCC(=O)[C@H](CCCCNC(=O)CCOCCOCCOCCOCCOCCOCCOCCOCCOCCOCCOCCOCCCC(=O)CBr)CCC1=O. The minimum atomic E-state index is -0.800. The van der Waals surface area contributed by atoms with Crippen molar-refractivity contribution < 1.29 is 100 Å². The van der Waals surface area contributed by atoms with Crippen LogP contribution in [-0.2, 0) is 96.8 Å². The molecule has 1 aliphatic heterocycles. The number of rotatable bonds is 62. The van der Waals surface area contributed by atoms with E-state index >= 15 is 0 Å². The molecule has 1 heterocycles. The zero-order chi connectivity index (χ0) is 74.3. The van der Waals surface area contributed by atoms with E-state index < -0.39 is 30.0 Å². The number of primary amides is 1. The molecule has 12 N–H and O–H groups in total. The van der Waals surface area contributed by atoms with Crippen molar-refractivity contribution in [3.05, 3.63) is 29.8 Å². The number of alkyl halides is 1. The third kappa shape index (κ3) is 53.0. The minimum Gasteiger partial charge on any atom is -0.508 e. The maximum Gasteiger partial charge on any atom is 0.279 e. The van der Waals surface area contributed by atoms with Crippen LogP contribution in [0.4, 0.5) is 4.79 Å². The number of benzene rings is 1. The molecule has 0 unspecified atom stereocenters. The fourth-order valence-corrected chi connectivity index (χ4v) is 11.2. The van der Waals surface area contributed by atoms with Gasteiger partial charge in [-0.25, -0.2) is 0 Å². The number of aliphatic imine (C=N–C) groups is 1. The number of nitrogens with zero attached hydrogens (tertiary/aromatic N) is 1. The number of thioether (sulfide) groups is 1. The van der Waals surface area contributed by atoms with Crippen molar-refractivity contribution in [3.8, 4) is 5.75 Å². The van der Waals surface area contributed by atoms with Crippen molar-refractivity contribution in [2.75, 3.05) is 202 Å². The molecule has 586 valence electrons. The Morgan fingerprint density at radius 2 is 1.16 bits per heavy atom. The van der Waals surface area contributed by atoms with Gasteiger partial charge in [-0.1, -0.05) is 66.5 Å². The summed E-state index contributed by atoms with van der Waals surface area (Å²) in [7, 11) is 0. The summed E-state index contributed by atoms with van der Waals surface area (Å²) in [5.41, 5.74) is 17.7. The number of ether oxygens (including phenoxy) is 12. The quantitative estimate of drug-likeness (QED) is 0.0195. The number of carbonyl (C=O) groups excluding carboxylic acids is 8. The summed E-state index contributed by atoms with van der Waals surface area (Å²) in [4.78, 5) is 109. The van der Waals surface area contributed by atoms with Crippen molar-refractivity contribution in [1.29, 1.82) is 0 Å².